The molecule has 0 radical (unpaired) electrons. The minimum absolute atomic E-state index is 0.117. The summed E-state index contributed by atoms with van der Waals surface area (Å²) >= 11 is 0. The van der Waals surface area contributed by atoms with Crippen molar-refractivity contribution in [1.82, 2.24) is 8.87 Å². The highest BCUT2D eigenvalue weighted by atomic mass is 32.2. The summed E-state index contributed by atoms with van der Waals surface area (Å²) in [5.74, 6) is 0.0423. The van der Waals surface area contributed by atoms with Crippen LogP contribution in [0.5, 0.6) is 5.75 Å². The molecule has 4 aromatic rings. The molecule has 0 bridgehead atoms. The number of anilines is 1. The highest BCUT2D eigenvalue weighted by molar-refractivity contribution is 7.89. The SMILES string of the molecule is COc1cc2c(cc1NC(=O)c1cc(S(=O)(=O)N3CCCC3)cn1C)oc1ccccc12. The van der Waals surface area contributed by atoms with Gasteiger partial charge in [0.25, 0.3) is 5.91 Å². The molecule has 0 aliphatic carbocycles. The summed E-state index contributed by atoms with van der Waals surface area (Å²) in [4.78, 5) is 13.2. The number of carbonyl (C=O) groups excluding carboxylic acids is 1. The lowest BCUT2D eigenvalue weighted by Gasteiger charge is -2.13. The molecule has 32 heavy (non-hydrogen) atoms. The Morgan fingerprint density at radius 1 is 1.06 bits per heavy atom. The molecular weight excluding hydrogens is 430 g/mol. The van der Waals surface area contributed by atoms with Crippen LogP contribution in [0.3, 0.4) is 0 Å². The standard InChI is InChI=1S/C23H23N3O5S/c1-25-14-15(32(28,29)26-9-5-6-10-26)11-19(25)23(27)24-18-13-21-17(12-22(18)30-2)16-7-3-4-8-20(16)31-21/h3-4,7-8,11-14H,5-6,9-10H2,1-2H3,(H,24,27). The molecule has 1 fully saturated rings. The number of carbonyl (C=O) groups is 1. The minimum atomic E-state index is -3.61. The van der Waals surface area contributed by atoms with E-state index in [1.807, 2.05) is 30.3 Å². The quantitative estimate of drug-likeness (QED) is 0.494. The number of amides is 1. The van der Waals surface area contributed by atoms with Crippen LogP contribution in [-0.4, -0.2) is 43.4 Å². The van der Waals surface area contributed by atoms with E-state index in [9.17, 15) is 13.2 Å². The van der Waals surface area contributed by atoms with Crippen molar-refractivity contribution in [2.75, 3.05) is 25.5 Å². The predicted octanol–water partition coefficient (Wildman–Crippen LogP) is 3.97. The monoisotopic (exact) mass is 453 g/mol. The molecule has 0 saturated carbocycles. The number of nitrogens with zero attached hydrogens (tertiary/aromatic N) is 2. The van der Waals surface area contributed by atoms with Gasteiger partial charge in [-0.05, 0) is 31.0 Å². The van der Waals surface area contributed by atoms with E-state index in [0.717, 1.165) is 29.2 Å². The van der Waals surface area contributed by atoms with E-state index in [-0.39, 0.29) is 10.6 Å². The molecular formula is C23H23N3O5S. The smallest absolute Gasteiger partial charge is 0.272 e. The van der Waals surface area contributed by atoms with Gasteiger partial charge >= 0.3 is 0 Å². The van der Waals surface area contributed by atoms with Gasteiger partial charge in [0.05, 0.1) is 12.8 Å². The minimum Gasteiger partial charge on any atom is -0.495 e. The molecule has 9 heteroatoms. The van der Waals surface area contributed by atoms with Crippen molar-refractivity contribution in [2.45, 2.75) is 17.7 Å². The number of methoxy groups -OCH3 is 1. The Kier molecular flexibility index (Phi) is 4.94. The van der Waals surface area contributed by atoms with Crippen molar-refractivity contribution in [3.63, 3.8) is 0 Å². The van der Waals surface area contributed by atoms with E-state index in [4.69, 9.17) is 9.15 Å². The van der Waals surface area contributed by atoms with Crippen LogP contribution in [0.15, 0.2) is 58.0 Å². The second-order valence-corrected chi connectivity index (χ2v) is 9.82. The number of benzene rings is 2. The Morgan fingerprint density at radius 3 is 2.56 bits per heavy atom. The first-order valence-corrected chi connectivity index (χ1v) is 11.8. The van der Waals surface area contributed by atoms with Crippen LogP contribution in [0.1, 0.15) is 23.3 Å². The topological polar surface area (TPSA) is 93.8 Å². The first-order chi connectivity index (χ1) is 15.4. The zero-order chi connectivity index (χ0) is 22.5. The number of aryl methyl sites for hydroxylation is 1. The van der Waals surface area contributed by atoms with Crippen molar-refractivity contribution in [3.8, 4) is 5.75 Å². The molecule has 0 atom stereocenters. The van der Waals surface area contributed by atoms with Crippen molar-refractivity contribution >= 4 is 43.6 Å². The maximum Gasteiger partial charge on any atom is 0.272 e. The van der Waals surface area contributed by atoms with E-state index < -0.39 is 15.9 Å². The maximum absolute atomic E-state index is 13.0. The first-order valence-electron chi connectivity index (χ1n) is 10.4. The molecule has 1 aliphatic rings. The second kappa shape index (κ2) is 7.68. The number of ether oxygens (including phenoxy) is 1. The largest absolute Gasteiger partial charge is 0.495 e. The predicted molar refractivity (Wildman–Crippen MR) is 122 cm³/mol. The van der Waals surface area contributed by atoms with Gasteiger partial charge in [0, 0.05) is 43.2 Å². The number of sulfonamides is 1. The molecule has 1 amide bonds. The fourth-order valence-electron chi connectivity index (χ4n) is 4.18. The number of rotatable bonds is 5. The van der Waals surface area contributed by atoms with E-state index in [1.165, 1.54) is 28.2 Å². The van der Waals surface area contributed by atoms with Crippen molar-refractivity contribution in [1.29, 1.82) is 0 Å². The van der Waals surface area contributed by atoms with Crippen LogP contribution in [-0.2, 0) is 17.1 Å². The van der Waals surface area contributed by atoms with Gasteiger partial charge in [-0.2, -0.15) is 4.31 Å². The lowest BCUT2D eigenvalue weighted by atomic mass is 10.1. The zero-order valence-corrected chi connectivity index (χ0v) is 18.6. The van der Waals surface area contributed by atoms with E-state index >= 15 is 0 Å². The molecule has 1 aliphatic heterocycles. The van der Waals surface area contributed by atoms with Crippen molar-refractivity contribution in [3.05, 3.63) is 54.4 Å². The van der Waals surface area contributed by atoms with Gasteiger partial charge in [-0.3, -0.25) is 4.79 Å². The van der Waals surface area contributed by atoms with E-state index in [0.29, 0.717) is 30.1 Å². The molecule has 0 spiro atoms. The second-order valence-electron chi connectivity index (χ2n) is 7.88. The summed E-state index contributed by atoms with van der Waals surface area (Å²) in [6.45, 7) is 1.01. The molecule has 8 nitrogen and oxygen atoms in total. The number of nitrogens with one attached hydrogen (secondary N) is 1. The van der Waals surface area contributed by atoms with Crippen LogP contribution in [0, 0.1) is 0 Å². The number of furan rings is 1. The first kappa shape index (κ1) is 20.6. The summed E-state index contributed by atoms with van der Waals surface area (Å²) in [7, 11) is -0.430. The van der Waals surface area contributed by atoms with Crippen molar-refractivity contribution < 1.29 is 22.4 Å². The molecule has 166 valence electrons. The molecule has 1 saturated heterocycles. The highest BCUT2D eigenvalue weighted by Crippen LogP contribution is 2.36. The Bertz CT molecular complexity index is 1450. The van der Waals surface area contributed by atoms with Gasteiger partial charge < -0.3 is 19.0 Å². The summed E-state index contributed by atoms with van der Waals surface area (Å²) in [5.41, 5.74) is 2.03. The van der Waals surface area contributed by atoms with Crippen LogP contribution in [0.2, 0.25) is 0 Å². The van der Waals surface area contributed by atoms with Crippen LogP contribution in [0.4, 0.5) is 5.69 Å². The molecule has 5 rings (SSSR count). The summed E-state index contributed by atoms with van der Waals surface area (Å²) in [5, 5.41) is 4.68. The van der Waals surface area contributed by atoms with E-state index in [1.54, 1.807) is 13.1 Å². The average molecular weight is 454 g/mol. The third-order valence-electron chi connectivity index (χ3n) is 5.86. The summed E-state index contributed by atoms with van der Waals surface area (Å²) in [6.07, 6.45) is 3.18. The normalized spacial score (nSPS) is 14.9. The number of hydrogen-bond donors (Lipinski definition) is 1. The van der Waals surface area contributed by atoms with Crippen molar-refractivity contribution in [2.24, 2.45) is 7.05 Å². The zero-order valence-electron chi connectivity index (χ0n) is 17.8. The Labute approximate surface area is 185 Å². The lowest BCUT2D eigenvalue weighted by Crippen LogP contribution is -2.27. The van der Waals surface area contributed by atoms with Gasteiger partial charge in [0.1, 0.15) is 27.5 Å². The molecule has 1 N–H and O–H groups in total. The van der Waals surface area contributed by atoms with Crippen LogP contribution >= 0.6 is 0 Å². The lowest BCUT2D eigenvalue weighted by molar-refractivity contribution is 0.101. The van der Waals surface area contributed by atoms with Gasteiger partial charge in [-0.15, -0.1) is 0 Å². The molecule has 2 aromatic heterocycles. The molecule has 3 heterocycles. The fraction of sp³-hybridized carbons (Fsp3) is 0.261. The fourth-order valence-corrected chi connectivity index (χ4v) is 5.77. The molecule has 2 aromatic carbocycles. The van der Waals surface area contributed by atoms with Gasteiger partial charge in [0.15, 0.2) is 0 Å². The van der Waals surface area contributed by atoms with Crippen LogP contribution < -0.4 is 10.1 Å². The summed E-state index contributed by atoms with van der Waals surface area (Å²) < 4.78 is 40.1. The Morgan fingerprint density at radius 2 is 1.81 bits per heavy atom. The average Bonchev–Trinajstić information content (AvgIpc) is 3.51. The number of hydrogen-bond acceptors (Lipinski definition) is 5. The Balaban J connectivity index is 1.48. The van der Waals surface area contributed by atoms with Gasteiger partial charge in [-0.1, -0.05) is 18.2 Å². The maximum atomic E-state index is 13.0. The number of fused-ring (bicyclic) bond motifs is 3. The van der Waals surface area contributed by atoms with Gasteiger partial charge in [-0.25, -0.2) is 8.42 Å². The number of aromatic nitrogens is 1. The summed E-state index contributed by atoms with van der Waals surface area (Å²) in [6, 6.07) is 12.6. The highest BCUT2D eigenvalue weighted by Gasteiger charge is 2.29. The van der Waals surface area contributed by atoms with E-state index in [2.05, 4.69) is 5.32 Å². The third-order valence-corrected chi connectivity index (χ3v) is 7.73. The Hall–Kier alpha value is -3.30. The van der Waals surface area contributed by atoms with Crippen LogP contribution in [0.25, 0.3) is 21.9 Å². The third kappa shape index (κ3) is 3.34. The number of para-hydroxylation sites is 1. The molecule has 0 unspecified atom stereocenters. The van der Waals surface area contributed by atoms with Gasteiger partial charge in [0.2, 0.25) is 10.0 Å².